The molecular formula is C25H25N3O. The van der Waals surface area contributed by atoms with Gasteiger partial charge in [-0.2, -0.15) is 0 Å². The van der Waals surface area contributed by atoms with E-state index >= 15 is 0 Å². The van der Waals surface area contributed by atoms with Crippen molar-refractivity contribution in [2.24, 2.45) is 0 Å². The Bertz CT molecular complexity index is 1170. The third-order valence-corrected chi connectivity index (χ3v) is 5.14. The maximum atomic E-state index is 13.0. The van der Waals surface area contributed by atoms with Gasteiger partial charge in [0.2, 0.25) is 0 Å². The highest BCUT2D eigenvalue weighted by molar-refractivity contribution is 6.05. The van der Waals surface area contributed by atoms with E-state index in [1.165, 1.54) is 5.56 Å². The molecule has 0 unspecified atom stereocenters. The van der Waals surface area contributed by atoms with Crippen LogP contribution in [0.15, 0.2) is 72.9 Å². The summed E-state index contributed by atoms with van der Waals surface area (Å²) in [4.78, 5) is 17.9. The van der Waals surface area contributed by atoms with Crippen LogP contribution in [0.5, 0.6) is 0 Å². The first-order valence-corrected chi connectivity index (χ1v) is 9.79. The molecule has 0 atom stereocenters. The average molecular weight is 383 g/mol. The normalized spacial score (nSPS) is 11.6. The molecule has 0 aliphatic carbocycles. The molecule has 146 valence electrons. The highest BCUT2D eigenvalue weighted by atomic mass is 16.1. The van der Waals surface area contributed by atoms with Crippen LogP contribution in [-0.4, -0.2) is 15.3 Å². The molecule has 0 fully saturated rings. The second-order valence-electron chi connectivity index (χ2n) is 8.34. The first-order chi connectivity index (χ1) is 13.8. The van der Waals surface area contributed by atoms with Crippen molar-refractivity contribution in [1.82, 2.24) is 9.38 Å². The number of aromatic nitrogens is 2. The van der Waals surface area contributed by atoms with E-state index in [1.807, 2.05) is 84.3 Å². The number of amides is 1. The molecule has 2 heterocycles. The zero-order valence-electron chi connectivity index (χ0n) is 17.2. The van der Waals surface area contributed by atoms with Crippen molar-refractivity contribution in [2.45, 2.75) is 33.1 Å². The summed E-state index contributed by atoms with van der Waals surface area (Å²) in [5.41, 5.74) is 5.50. The fourth-order valence-corrected chi connectivity index (χ4v) is 3.42. The Morgan fingerprint density at radius 2 is 1.62 bits per heavy atom. The van der Waals surface area contributed by atoms with Crippen molar-refractivity contribution in [2.75, 3.05) is 5.32 Å². The second kappa shape index (κ2) is 7.21. The van der Waals surface area contributed by atoms with Gasteiger partial charge in [-0.3, -0.25) is 9.20 Å². The van der Waals surface area contributed by atoms with Crippen LogP contribution in [0.4, 0.5) is 5.82 Å². The SMILES string of the molecule is Cc1cccn2c(NC(=O)c3ccc(C(C)(C)C)cc3)c(-c3ccccc3)nc12. The van der Waals surface area contributed by atoms with E-state index in [9.17, 15) is 4.79 Å². The molecule has 1 N–H and O–H groups in total. The number of imidazole rings is 1. The summed E-state index contributed by atoms with van der Waals surface area (Å²) in [6.45, 7) is 8.51. The number of hydrogen-bond donors (Lipinski definition) is 1. The Labute approximate surface area is 171 Å². The Kier molecular flexibility index (Phi) is 4.71. The molecule has 4 aromatic rings. The summed E-state index contributed by atoms with van der Waals surface area (Å²) >= 11 is 0. The molecular weight excluding hydrogens is 358 g/mol. The summed E-state index contributed by atoms with van der Waals surface area (Å²) in [6.07, 6.45) is 1.93. The lowest BCUT2D eigenvalue weighted by Crippen LogP contribution is -2.15. The lowest BCUT2D eigenvalue weighted by Gasteiger charge is -2.19. The number of benzene rings is 2. The van der Waals surface area contributed by atoms with Gasteiger partial charge in [0.15, 0.2) is 0 Å². The maximum Gasteiger partial charge on any atom is 0.256 e. The van der Waals surface area contributed by atoms with Crippen molar-refractivity contribution < 1.29 is 4.79 Å². The molecule has 2 aromatic carbocycles. The highest BCUT2D eigenvalue weighted by Crippen LogP contribution is 2.30. The monoisotopic (exact) mass is 383 g/mol. The third kappa shape index (κ3) is 3.66. The van der Waals surface area contributed by atoms with E-state index < -0.39 is 0 Å². The van der Waals surface area contributed by atoms with Gasteiger partial charge in [-0.1, -0.05) is 69.3 Å². The van der Waals surface area contributed by atoms with Crippen molar-refractivity contribution in [3.63, 3.8) is 0 Å². The van der Waals surface area contributed by atoms with Gasteiger partial charge in [-0.05, 0) is 41.7 Å². The maximum absolute atomic E-state index is 13.0. The lowest BCUT2D eigenvalue weighted by molar-refractivity contribution is 0.102. The molecule has 4 nitrogen and oxygen atoms in total. The van der Waals surface area contributed by atoms with Gasteiger partial charge in [0.25, 0.3) is 5.91 Å². The van der Waals surface area contributed by atoms with Crippen molar-refractivity contribution in [3.8, 4) is 11.3 Å². The van der Waals surface area contributed by atoms with E-state index in [1.54, 1.807) is 0 Å². The summed E-state index contributed by atoms with van der Waals surface area (Å²) in [7, 11) is 0. The summed E-state index contributed by atoms with van der Waals surface area (Å²) in [5.74, 6) is 0.533. The van der Waals surface area contributed by atoms with Gasteiger partial charge in [-0.15, -0.1) is 0 Å². The number of rotatable bonds is 3. The van der Waals surface area contributed by atoms with Crippen molar-refractivity contribution >= 4 is 17.4 Å². The molecule has 29 heavy (non-hydrogen) atoms. The Morgan fingerprint density at radius 3 is 2.28 bits per heavy atom. The zero-order valence-corrected chi connectivity index (χ0v) is 17.2. The number of carbonyl (C=O) groups is 1. The van der Waals surface area contributed by atoms with Gasteiger partial charge in [0.05, 0.1) is 0 Å². The molecule has 0 spiro atoms. The van der Waals surface area contributed by atoms with Gasteiger partial charge < -0.3 is 5.32 Å². The number of hydrogen-bond acceptors (Lipinski definition) is 2. The molecule has 0 saturated heterocycles. The van der Waals surface area contributed by atoms with Crippen LogP contribution in [0, 0.1) is 6.92 Å². The number of nitrogens with zero attached hydrogens (tertiary/aromatic N) is 2. The highest BCUT2D eigenvalue weighted by Gasteiger charge is 2.19. The average Bonchev–Trinajstić information content (AvgIpc) is 3.08. The zero-order chi connectivity index (χ0) is 20.6. The summed E-state index contributed by atoms with van der Waals surface area (Å²) in [6, 6.07) is 21.7. The molecule has 4 rings (SSSR count). The van der Waals surface area contributed by atoms with Crippen LogP contribution < -0.4 is 5.32 Å². The van der Waals surface area contributed by atoms with Crippen LogP contribution >= 0.6 is 0 Å². The van der Waals surface area contributed by atoms with E-state index in [4.69, 9.17) is 4.98 Å². The van der Waals surface area contributed by atoms with Crippen LogP contribution in [0.3, 0.4) is 0 Å². The largest absolute Gasteiger partial charge is 0.306 e. The van der Waals surface area contributed by atoms with E-state index in [-0.39, 0.29) is 11.3 Å². The Hall–Kier alpha value is -3.40. The Morgan fingerprint density at radius 1 is 0.931 bits per heavy atom. The fraction of sp³-hybridized carbons (Fsp3) is 0.200. The molecule has 0 aliphatic heterocycles. The fourth-order valence-electron chi connectivity index (χ4n) is 3.42. The van der Waals surface area contributed by atoms with E-state index in [2.05, 4.69) is 26.1 Å². The summed E-state index contributed by atoms with van der Waals surface area (Å²) in [5, 5.41) is 3.10. The van der Waals surface area contributed by atoms with Crippen LogP contribution in [0.2, 0.25) is 0 Å². The molecule has 0 aliphatic rings. The molecule has 0 saturated carbocycles. The molecule has 0 radical (unpaired) electrons. The number of pyridine rings is 1. The predicted molar refractivity (Wildman–Crippen MR) is 118 cm³/mol. The molecule has 1 amide bonds. The molecule has 4 heteroatoms. The molecule has 2 aromatic heterocycles. The smallest absolute Gasteiger partial charge is 0.256 e. The third-order valence-electron chi connectivity index (χ3n) is 5.14. The number of aryl methyl sites for hydroxylation is 1. The standard InChI is InChI=1S/C25H25N3O/c1-17-9-8-16-28-22(17)26-21(18-10-6-5-7-11-18)23(28)27-24(29)19-12-14-20(15-13-19)25(2,3)4/h5-16H,1-4H3,(H,27,29). The number of carbonyl (C=O) groups excluding carboxylic acids is 1. The van der Waals surface area contributed by atoms with Crippen LogP contribution in [0.25, 0.3) is 16.9 Å². The van der Waals surface area contributed by atoms with Gasteiger partial charge in [0, 0.05) is 17.3 Å². The minimum absolute atomic E-state index is 0.0503. The van der Waals surface area contributed by atoms with Crippen LogP contribution in [0.1, 0.15) is 42.3 Å². The van der Waals surface area contributed by atoms with Gasteiger partial charge in [-0.25, -0.2) is 4.98 Å². The minimum Gasteiger partial charge on any atom is -0.306 e. The Balaban J connectivity index is 1.75. The van der Waals surface area contributed by atoms with Crippen LogP contribution in [-0.2, 0) is 5.41 Å². The number of fused-ring (bicyclic) bond motifs is 1. The molecule has 0 bridgehead atoms. The lowest BCUT2D eigenvalue weighted by atomic mass is 9.87. The quantitative estimate of drug-likeness (QED) is 0.482. The van der Waals surface area contributed by atoms with Crippen molar-refractivity contribution in [3.05, 3.63) is 89.6 Å². The van der Waals surface area contributed by atoms with Crippen molar-refractivity contribution in [1.29, 1.82) is 0 Å². The number of nitrogens with one attached hydrogen (secondary N) is 1. The van der Waals surface area contributed by atoms with E-state index in [0.717, 1.165) is 22.5 Å². The first-order valence-electron chi connectivity index (χ1n) is 9.79. The van der Waals surface area contributed by atoms with Gasteiger partial charge >= 0.3 is 0 Å². The number of anilines is 1. The second-order valence-corrected chi connectivity index (χ2v) is 8.34. The first kappa shape index (κ1) is 18.9. The van der Waals surface area contributed by atoms with E-state index in [0.29, 0.717) is 11.4 Å². The van der Waals surface area contributed by atoms with Gasteiger partial charge in [0.1, 0.15) is 17.2 Å². The summed E-state index contributed by atoms with van der Waals surface area (Å²) < 4.78 is 1.94. The minimum atomic E-state index is -0.147. The topological polar surface area (TPSA) is 46.4 Å². The predicted octanol–water partition coefficient (Wildman–Crippen LogP) is 5.86.